The maximum absolute atomic E-state index is 11.6. The number of hydrogen-bond donors (Lipinski definition) is 0. The van der Waals surface area contributed by atoms with Crippen LogP contribution in [0.1, 0.15) is 109 Å². The maximum Gasteiger partial charge on any atom is 0.333 e. The summed E-state index contributed by atoms with van der Waals surface area (Å²) in [7, 11) is -0.875. The van der Waals surface area contributed by atoms with E-state index >= 15 is 0 Å². The Labute approximate surface area is 218 Å². The van der Waals surface area contributed by atoms with Gasteiger partial charge in [0.2, 0.25) is 0 Å². The van der Waals surface area contributed by atoms with E-state index in [9.17, 15) is 4.79 Å². The van der Waals surface area contributed by atoms with Crippen molar-refractivity contribution in [3.8, 4) is 0 Å². The minimum atomic E-state index is -0.875. The molecule has 0 unspecified atom stereocenters. The molecule has 0 bridgehead atoms. The highest BCUT2D eigenvalue weighted by Crippen LogP contribution is 2.50. The third kappa shape index (κ3) is 8.69. The van der Waals surface area contributed by atoms with Crippen LogP contribution in [-0.2, 0) is 9.53 Å². The lowest BCUT2D eigenvalue weighted by atomic mass is 9.68. The third-order valence-corrected chi connectivity index (χ3v) is 11.8. The zero-order valence-corrected chi connectivity index (χ0v) is 24.0. The van der Waals surface area contributed by atoms with Gasteiger partial charge in [0.25, 0.3) is 0 Å². The lowest BCUT2D eigenvalue weighted by molar-refractivity contribution is -0.138. The molecular weight excluding hydrogens is 448 g/mol. The SMILES string of the molecule is C=C(C)C(=O)OCCCS(C)(C)c1ccc(C2CCC(C3CCC(CCCCC)CC3)CC2)cc1. The highest BCUT2D eigenvalue weighted by atomic mass is 32.3. The number of carbonyl (C=O) groups excluding carboxylic acids is 1. The van der Waals surface area contributed by atoms with Crippen LogP contribution in [0.2, 0.25) is 0 Å². The van der Waals surface area contributed by atoms with E-state index in [1.54, 1.807) is 12.5 Å². The molecule has 0 atom stereocenters. The first-order valence-electron chi connectivity index (χ1n) is 14.4. The van der Waals surface area contributed by atoms with Crippen LogP contribution in [-0.4, -0.2) is 30.8 Å². The Morgan fingerprint density at radius 3 is 2.09 bits per heavy atom. The van der Waals surface area contributed by atoms with E-state index in [-0.39, 0.29) is 5.97 Å². The van der Waals surface area contributed by atoms with Crippen molar-refractivity contribution in [1.82, 2.24) is 0 Å². The molecule has 0 radical (unpaired) electrons. The van der Waals surface area contributed by atoms with Gasteiger partial charge in [-0.2, -0.15) is 0 Å². The van der Waals surface area contributed by atoms with Gasteiger partial charge in [-0.1, -0.05) is 64.2 Å². The minimum absolute atomic E-state index is 0.271. The number of rotatable bonds is 12. The predicted molar refractivity (Wildman–Crippen MR) is 154 cm³/mol. The summed E-state index contributed by atoms with van der Waals surface area (Å²) in [5, 5.41) is 0. The van der Waals surface area contributed by atoms with Crippen molar-refractivity contribution in [3.05, 3.63) is 42.0 Å². The highest BCUT2D eigenvalue weighted by molar-refractivity contribution is 8.32. The van der Waals surface area contributed by atoms with E-state index in [2.05, 4.69) is 50.3 Å². The molecule has 1 aromatic carbocycles. The molecule has 2 aliphatic rings. The van der Waals surface area contributed by atoms with Gasteiger partial charge in [0.05, 0.1) is 6.61 Å². The average molecular weight is 501 g/mol. The number of esters is 1. The topological polar surface area (TPSA) is 26.3 Å². The number of hydrogen-bond acceptors (Lipinski definition) is 2. The summed E-state index contributed by atoms with van der Waals surface area (Å²) in [5.41, 5.74) is 2.03. The fourth-order valence-electron chi connectivity index (χ4n) is 6.49. The molecule has 198 valence electrons. The highest BCUT2D eigenvalue weighted by Gasteiger charge is 2.31. The van der Waals surface area contributed by atoms with Crippen LogP contribution >= 0.6 is 10.0 Å². The first kappa shape index (κ1) is 28.4. The van der Waals surface area contributed by atoms with Crippen LogP contribution in [0.15, 0.2) is 41.3 Å². The van der Waals surface area contributed by atoms with Gasteiger partial charge in [0, 0.05) is 5.57 Å². The number of unbranched alkanes of at least 4 members (excludes halogenated alkanes) is 2. The summed E-state index contributed by atoms with van der Waals surface area (Å²) in [6, 6.07) is 9.60. The average Bonchev–Trinajstić information content (AvgIpc) is 2.87. The summed E-state index contributed by atoms with van der Waals surface area (Å²) < 4.78 is 5.29. The Bertz CT molecular complexity index is 780. The second-order valence-electron chi connectivity index (χ2n) is 12.0. The lowest BCUT2D eigenvalue weighted by Gasteiger charge is -2.38. The summed E-state index contributed by atoms with van der Waals surface area (Å²) in [4.78, 5) is 13.0. The van der Waals surface area contributed by atoms with Crippen molar-refractivity contribution in [2.45, 2.75) is 108 Å². The molecule has 3 heteroatoms. The minimum Gasteiger partial charge on any atom is -0.462 e. The van der Waals surface area contributed by atoms with Gasteiger partial charge in [-0.05, 0) is 116 Å². The maximum atomic E-state index is 11.6. The summed E-state index contributed by atoms with van der Waals surface area (Å²) in [6.07, 6.45) is 23.1. The fraction of sp³-hybridized carbons (Fsp3) is 0.719. The molecule has 0 aliphatic heterocycles. The van der Waals surface area contributed by atoms with Gasteiger partial charge in [0.1, 0.15) is 0 Å². The fourth-order valence-corrected chi connectivity index (χ4v) is 8.44. The van der Waals surface area contributed by atoms with Crippen LogP contribution < -0.4 is 0 Å². The van der Waals surface area contributed by atoms with Crippen molar-refractivity contribution in [2.75, 3.05) is 24.9 Å². The summed E-state index contributed by atoms with van der Waals surface area (Å²) in [5.74, 6) is 4.61. The molecule has 0 N–H and O–H groups in total. The van der Waals surface area contributed by atoms with Gasteiger partial charge in [-0.15, -0.1) is 0 Å². The number of ether oxygens (including phenoxy) is 1. The van der Waals surface area contributed by atoms with Crippen LogP contribution in [0.25, 0.3) is 0 Å². The molecule has 0 saturated heterocycles. The molecule has 2 fully saturated rings. The smallest absolute Gasteiger partial charge is 0.333 e. The van der Waals surface area contributed by atoms with Gasteiger partial charge in [-0.25, -0.2) is 14.8 Å². The normalized spacial score (nSPS) is 25.7. The molecular formula is C32H52O2S. The number of carbonyl (C=O) groups is 1. The molecule has 0 heterocycles. The van der Waals surface area contributed by atoms with Gasteiger partial charge < -0.3 is 4.74 Å². The molecule has 0 amide bonds. The molecule has 3 rings (SSSR count). The zero-order valence-electron chi connectivity index (χ0n) is 23.2. The molecule has 35 heavy (non-hydrogen) atoms. The van der Waals surface area contributed by atoms with Crippen molar-refractivity contribution in [1.29, 1.82) is 0 Å². The van der Waals surface area contributed by atoms with Crippen molar-refractivity contribution >= 4 is 16.0 Å². The molecule has 2 saturated carbocycles. The predicted octanol–water partition coefficient (Wildman–Crippen LogP) is 9.28. The standard InChI is InChI=1S/C32H52O2S/c1-6-7-8-10-26-11-13-27(14-12-26)28-15-17-29(18-16-28)30-19-21-31(22-20-30)35(4,5)24-9-23-34-32(33)25(2)3/h19-22,26-29H,2,6-18,23-24H2,1,3-5H3. The Balaban J connectivity index is 1.40. The molecule has 0 spiro atoms. The Morgan fingerprint density at radius 2 is 1.51 bits per heavy atom. The Kier molecular flexibility index (Phi) is 11.3. The zero-order chi connectivity index (χ0) is 25.3. The third-order valence-electron chi connectivity index (χ3n) is 8.92. The van der Waals surface area contributed by atoms with Crippen molar-refractivity contribution < 1.29 is 9.53 Å². The number of benzene rings is 1. The van der Waals surface area contributed by atoms with Crippen molar-refractivity contribution in [3.63, 3.8) is 0 Å². The largest absolute Gasteiger partial charge is 0.462 e. The van der Waals surface area contributed by atoms with E-state index in [1.165, 1.54) is 81.9 Å². The quantitative estimate of drug-likeness (QED) is 0.162. The second kappa shape index (κ2) is 13.9. The Hall–Kier alpha value is -1.22. The van der Waals surface area contributed by atoms with Gasteiger partial charge >= 0.3 is 5.97 Å². The van der Waals surface area contributed by atoms with Crippen LogP contribution in [0, 0.1) is 17.8 Å². The second-order valence-corrected chi connectivity index (χ2v) is 15.9. The van der Waals surface area contributed by atoms with Gasteiger partial charge in [0.15, 0.2) is 0 Å². The van der Waals surface area contributed by atoms with E-state index in [4.69, 9.17) is 4.74 Å². The van der Waals surface area contributed by atoms with E-state index in [0.29, 0.717) is 12.2 Å². The van der Waals surface area contributed by atoms with Gasteiger partial charge in [-0.3, -0.25) is 0 Å². The Morgan fingerprint density at radius 1 is 0.914 bits per heavy atom. The van der Waals surface area contributed by atoms with E-state index in [0.717, 1.165) is 35.8 Å². The van der Waals surface area contributed by atoms with E-state index < -0.39 is 10.0 Å². The molecule has 2 nitrogen and oxygen atoms in total. The summed E-state index contributed by atoms with van der Waals surface area (Å²) >= 11 is 0. The van der Waals surface area contributed by atoms with Crippen LogP contribution in [0.3, 0.4) is 0 Å². The lowest BCUT2D eigenvalue weighted by Crippen LogP contribution is -2.25. The summed E-state index contributed by atoms with van der Waals surface area (Å²) in [6.45, 7) is 8.16. The first-order valence-corrected chi connectivity index (χ1v) is 17.1. The molecule has 2 aliphatic carbocycles. The van der Waals surface area contributed by atoms with Crippen LogP contribution in [0.5, 0.6) is 0 Å². The van der Waals surface area contributed by atoms with Crippen molar-refractivity contribution in [2.24, 2.45) is 17.8 Å². The monoisotopic (exact) mass is 500 g/mol. The molecule has 1 aromatic rings. The van der Waals surface area contributed by atoms with E-state index in [1.807, 2.05) is 0 Å². The first-order chi connectivity index (χ1) is 16.8. The van der Waals surface area contributed by atoms with Crippen LogP contribution in [0.4, 0.5) is 0 Å². The molecule has 0 aromatic heterocycles.